The minimum absolute atomic E-state index is 0.0848. The molecule has 2 aromatic rings. The Morgan fingerprint density at radius 3 is 2.75 bits per heavy atom. The van der Waals surface area contributed by atoms with Crippen molar-refractivity contribution < 1.29 is 4.79 Å². The van der Waals surface area contributed by atoms with Crippen LogP contribution >= 0.6 is 0 Å². The van der Waals surface area contributed by atoms with Crippen LogP contribution in [-0.2, 0) is 6.42 Å². The Balaban J connectivity index is 2.11. The van der Waals surface area contributed by atoms with Gasteiger partial charge in [0, 0.05) is 23.7 Å². The quantitative estimate of drug-likeness (QED) is 0.776. The van der Waals surface area contributed by atoms with Crippen molar-refractivity contribution >= 4 is 5.78 Å². The van der Waals surface area contributed by atoms with Gasteiger partial charge in [-0.05, 0) is 56.4 Å². The van der Waals surface area contributed by atoms with E-state index in [1.807, 2.05) is 31.3 Å². The minimum atomic E-state index is 0.0848. The molecule has 0 fully saturated rings. The molecule has 2 aromatic heterocycles. The lowest BCUT2D eigenvalue weighted by molar-refractivity contribution is 0.101. The van der Waals surface area contributed by atoms with Crippen LogP contribution in [-0.4, -0.2) is 15.8 Å². The number of ketones is 1. The first-order chi connectivity index (χ1) is 9.58. The molecule has 2 heterocycles. The average molecular weight is 268 g/mol. The second-order valence-corrected chi connectivity index (χ2v) is 5.23. The molecular weight excluding hydrogens is 248 g/mol. The van der Waals surface area contributed by atoms with Gasteiger partial charge in [0.2, 0.25) is 0 Å². The van der Waals surface area contributed by atoms with E-state index in [4.69, 9.17) is 0 Å². The Morgan fingerprint density at radius 1 is 1.30 bits per heavy atom. The molecule has 20 heavy (non-hydrogen) atoms. The number of aromatic nitrogens is 2. The van der Waals surface area contributed by atoms with Gasteiger partial charge >= 0.3 is 0 Å². The molecule has 0 aliphatic carbocycles. The molecule has 2 rings (SSSR count). The third kappa shape index (κ3) is 3.50. The summed E-state index contributed by atoms with van der Waals surface area (Å²) in [6.45, 7) is 5.73. The van der Waals surface area contributed by atoms with Gasteiger partial charge in [-0.25, -0.2) is 0 Å². The molecule has 0 amide bonds. The monoisotopic (exact) mass is 268 g/mol. The highest BCUT2D eigenvalue weighted by Crippen LogP contribution is 2.21. The number of pyridine rings is 2. The summed E-state index contributed by atoms with van der Waals surface area (Å²) in [6.07, 6.45) is 5.46. The maximum Gasteiger partial charge on any atom is 0.161 e. The summed E-state index contributed by atoms with van der Waals surface area (Å²) >= 11 is 0. The van der Waals surface area contributed by atoms with E-state index >= 15 is 0 Å². The van der Waals surface area contributed by atoms with Crippen LogP contribution < -0.4 is 0 Å². The van der Waals surface area contributed by atoms with E-state index in [0.717, 1.165) is 29.8 Å². The highest BCUT2D eigenvalue weighted by atomic mass is 16.1. The normalized spacial score (nSPS) is 12.2. The zero-order valence-corrected chi connectivity index (χ0v) is 12.3. The lowest BCUT2D eigenvalue weighted by Gasteiger charge is -2.12. The Kier molecular flexibility index (Phi) is 4.61. The van der Waals surface area contributed by atoms with Crippen LogP contribution in [0.2, 0.25) is 0 Å². The Bertz CT molecular complexity index is 593. The minimum Gasteiger partial charge on any atom is -0.294 e. The van der Waals surface area contributed by atoms with Crippen molar-refractivity contribution in [1.82, 2.24) is 9.97 Å². The molecule has 0 radical (unpaired) electrons. The third-order valence-corrected chi connectivity index (χ3v) is 3.56. The SMILES string of the molecule is CC(=O)c1ccc(C)nc1CCC(C)c1cccnc1. The predicted molar refractivity (Wildman–Crippen MR) is 80.0 cm³/mol. The topological polar surface area (TPSA) is 42.9 Å². The van der Waals surface area contributed by atoms with Gasteiger partial charge in [-0.1, -0.05) is 13.0 Å². The number of hydrogen-bond donors (Lipinski definition) is 0. The molecular formula is C17H20N2O. The van der Waals surface area contributed by atoms with E-state index in [0.29, 0.717) is 5.92 Å². The van der Waals surface area contributed by atoms with Gasteiger partial charge in [-0.3, -0.25) is 14.8 Å². The molecule has 0 saturated heterocycles. The summed E-state index contributed by atoms with van der Waals surface area (Å²) in [7, 11) is 0. The summed E-state index contributed by atoms with van der Waals surface area (Å²) < 4.78 is 0. The molecule has 104 valence electrons. The van der Waals surface area contributed by atoms with Crippen LogP contribution in [0.25, 0.3) is 0 Å². The first-order valence-corrected chi connectivity index (χ1v) is 6.95. The fourth-order valence-corrected chi connectivity index (χ4v) is 2.31. The zero-order chi connectivity index (χ0) is 14.5. The highest BCUT2D eigenvalue weighted by molar-refractivity contribution is 5.95. The number of hydrogen-bond acceptors (Lipinski definition) is 3. The van der Waals surface area contributed by atoms with Gasteiger partial charge in [-0.2, -0.15) is 0 Å². The maximum atomic E-state index is 11.6. The van der Waals surface area contributed by atoms with E-state index in [2.05, 4.69) is 23.0 Å². The first-order valence-electron chi connectivity index (χ1n) is 6.95. The summed E-state index contributed by atoms with van der Waals surface area (Å²) in [5.74, 6) is 0.493. The number of carbonyl (C=O) groups excluding carboxylic acids is 1. The van der Waals surface area contributed by atoms with Crippen molar-refractivity contribution in [2.24, 2.45) is 0 Å². The molecule has 0 aliphatic rings. The van der Waals surface area contributed by atoms with Gasteiger partial charge in [-0.15, -0.1) is 0 Å². The number of carbonyl (C=O) groups is 1. The van der Waals surface area contributed by atoms with Crippen LogP contribution in [0.4, 0.5) is 0 Å². The summed E-state index contributed by atoms with van der Waals surface area (Å²) in [4.78, 5) is 20.3. The fraction of sp³-hybridized carbons (Fsp3) is 0.353. The Hall–Kier alpha value is -2.03. The predicted octanol–water partition coefficient (Wildman–Crippen LogP) is 3.72. The van der Waals surface area contributed by atoms with Gasteiger partial charge < -0.3 is 0 Å². The smallest absolute Gasteiger partial charge is 0.161 e. The fourth-order valence-electron chi connectivity index (χ4n) is 2.31. The molecule has 0 N–H and O–H groups in total. The largest absolute Gasteiger partial charge is 0.294 e. The number of Topliss-reactive ketones (excluding diaryl/α,β-unsaturated/α-hetero) is 1. The van der Waals surface area contributed by atoms with Crippen LogP contribution in [0, 0.1) is 6.92 Å². The zero-order valence-electron chi connectivity index (χ0n) is 12.3. The van der Waals surface area contributed by atoms with Crippen molar-refractivity contribution in [1.29, 1.82) is 0 Å². The number of nitrogens with zero attached hydrogens (tertiary/aromatic N) is 2. The van der Waals surface area contributed by atoms with E-state index in [9.17, 15) is 4.79 Å². The second-order valence-electron chi connectivity index (χ2n) is 5.23. The molecule has 0 bridgehead atoms. The van der Waals surface area contributed by atoms with Crippen LogP contribution in [0.3, 0.4) is 0 Å². The van der Waals surface area contributed by atoms with E-state index in [1.54, 1.807) is 13.1 Å². The summed E-state index contributed by atoms with van der Waals surface area (Å²) in [6, 6.07) is 7.82. The van der Waals surface area contributed by atoms with E-state index in [1.165, 1.54) is 5.56 Å². The third-order valence-electron chi connectivity index (χ3n) is 3.56. The molecule has 1 atom stereocenters. The second kappa shape index (κ2) is 6.42. The van der Waals surface area contributed by atoms with Crippen molar-refractivity contribution in [2.75, 3.05) is 0 Å². The van der Waals surface area contributed by atoms with Gasteiger partial charge in [0.25, 0.3) is 0 Å². The van der Waals surface area contributed by atoms with E-state index in [-0.39, 0.29) is 5.78 Å². The Morgan fingerprint density at radius 2 is 2.10 bits per heavy atom. The molecule has 0 spiro atoms. The van der Waals surface area contributed by atoms with Crippen LogP contribution in [0.1, 0.15) is 53.5 Å². The number of aryl methyl sites for hydroxylation is 2. The van der Waals surface area contributed by atoms with Crippen molar-refractivity contribution in [2.45, 2.75) is 39.5 Å². The molecule has 0 saturated carbocycles. The van der Waals surface area contributed by atoms with Crippen LogP contribution in [0.5, 0.6) is 0 Å². The summed E-state index contributed by atoms with van der Waals surface area (Å²) in [5, 5.41) is 0. The maximum absolute atomic E-state index is 11.6. The lowest BCUT2D eigenvalue weighted by atomic mass is 9.95. The number of rotatable bonds is 5. The average Bonchev–Trinajstić information content (AvgIpc) is 2.45. The van der Waals surface area contributed by atoms with E-state index < -0.39 is 0 Å². The van der Waals surface area contributed by atoms with Crippen molar-refractivity contribution in [3.05, 3.63) is 59.2 Å². The summed E-state index contributed by atoms with van der Waals surface area (Å²) in [5.41, 5.74) is 3.84. The van der Waals surface area contributed by atoms with Crippen molar-refractivity contribution in [3.8, 4) is 0 Å². The molecule has 3 nitrogen and oxygen atoms in total. The van der Waals surface area contributed by atoms with Gasteiger partial charge in [0.05, 0.1) is 5.69 Å². The van der Waals surface area contributed by atoms with Crippen LogP contribution in [0.15, 0.2) is 36.7 Å². The lowest BCUT2D eigenvalue weighted by Crippen LogP contribution is -2.06. The van der Waals surface area contributed by atoms with Crippen molar-refractivity contribution in [3.63, 3.8) is 0 Å². The molecule has 0 aromatic carbocycles. The molecule has 3 heteroatoms. The Labute approximate surface area is 120 Å². The first kappa shape index (κ1) is 14.4. The van der Waals surface area contributed by atoms with Gasteiger partial charge in [0.1, 0.15) is 0 Å². The van der Waals surface area contributed by atoms with Gasteiger partial charge in [0.15, 0.2) is 5.78 Å². The molecule has 1 unspecified atom stereocenters. The highest BCUT2D eigenvalue weighted by Gasteiger charge is 2.12. The molecule has 0 aliphatic heterocycles. The standard InChI is InChI=1S/C17H20N2O/c1-12(15-5-4-10-18-11-15)6-9-17-16(14(3)20)8-7-13(2)19-17/h4-5,7-8,10-12H,6,9H2,1-3H3.